The van der Waals surface area contributed by atoms with Crippen LogP contribution in [0.4, 0.5) is 0 Å². The molecule has 0 N–H and O–H groups in total. The topological polar surface area (TPSA) is 90.7 Å². The summed E-state index contributed by atoms with van der Waals surface area (Å²) in [4.78, 5) is 24.6. The second-order valence-electron chi connectivity index (χ2n) is 5.97. The highest BCUT2D eigenvalue weighted by atomic mass is 32.2. The molecule has 0 amide bonds. The number of carbonyl (C=O) groups excluding carboxylic acids is 1. The minimum atomic E-state index is -3.22. The van der Waals surface area contributed by atoms with E-state index in [0.717, 1.165) is 17.4 Å². The van der Waals surface area contributed by atoms with Gasteiger partial charge in [0, 0.05) is 12.3 Å². The van der Waals surface area contributed by atoms with E-state index in [-0.39, 0.29) is 29.4 Å². The Morgan fingerprint density at radius 1 is 1.23 bits per heavy atom. The minimum Gasteiger partial charge on any atom is -0.491 e. The number of aryl methyl sites for hydroxylation is 2. The molecule has 0 saturated heterocycles. The van der Waals surface area contributed by atoms with E-state index >= 15 is 0 Å². The first-order valence-electron chi connectivity index (χ1n) is 7.90. The Hall–Kier alpha value is -2.67. The molecule has 2 rings (SSSR count). The fraction of sp³-hybridized carbons (Fsp3) is 0.263. The maximum absolute atomic E-state index is 12.5. The van der Waals surface area contributed by atoms with E-state index in [9.17, 15) is 18.0 Å². The van der Waals surface area contributed by atoms with Crippen LogP contribution in [0.25, 0.3) is 6.08 Å². The van der Waals surface area contributed by atoms with E-state index in [1.807, 2.05) is 31.2 Å². The molecule has 1 heterocycles. The number of carbonyl (C=O) groups is 1. The third-order valence-corrected chi connectivity index (χ3v) is 4.37. The van der Waals surface area contributed by atoms with Gasteiger partial charge in [-0.1, -0.05) is 35.9 Å². The summed E-state index contributed by atoms with van der Waals surface area (Å²) < 4.78 is 32.8. The Kier molecular flexibility index (Phi) is 6.15. The molecule has 0 unspecified atom stereocenters. The average Bonchev–Trinajstić information content (AvgIpc) is 2.51. The number of ketones is 1. The largest absolute Gasteiger partial charge is 0.491 e. The summed E-state index contributed by atoms with van der Waals surface area (Å²) in [6, 6.07) is 8.92. The third kappa shape index (κ3) is 5.70. The van der Waals surface area contributed by atoms with Crippen LogP contribution in [0.2, 0.25) is 0 Å². The van der Waals surface area contributed by atoms with Crippen molar-refractivity contribution in [2.45, 2.75) is 13.8 Å². The van der Waals surface area contributed by atoms with Crippen LogP contribution in [0.15, 0.2) is 45.6 Å². The number of benzene rings is 1. The van der Waals surface area contributed by atoms with Crippen LogP contribution in [-0.2, 0) is 9.84 Å². The summed E-state index contributed by atoms with van der Waals surface area (Å²) >= 11 is 0. The maximum Gasteiger partial charge on any atom is 0.351 e. The van der Waals surface area contributed by atoms with Crippen LogP contribution in [0, 0.1) is 13.8 Å². The SMILES string of the molecule is Cc1cccc(C=CC(=O)c2c(OCCS(C)(=O)=O)cc(C)oc2=O)c1. The monoisotopic (exact) mass is 376 g/mol. The summed E-state index contributed by atoms with van der Waals surface area (Å²) in [6.07, 6.45) is 3.94. The standard InChI is InChI=1S/C19H20O6S/c1-13-5-4-6-15(11-13)7-8-16(20)18-17(12-14(2)25-19(18)21)24-9-10-26(3,22)23/h4-8,11-12H,9-10H2,1-3H3. The van der Waals surface area contributed by atoms with Gasteiger partial charge in [-0.2, -0.15) is 0 Å². The predicted molar refractivity (Wildman–Crippen MR) is 99.5 cm³/mol. The van der Waals surface area contributed by atoms with Gasteiger partial charge in [-0.15, -0.1) is 0 Å². The molecule has 0 aliphatic rings. The highest BCUT2D eigenvalue weighted by molar-refractivity contribution is 7.90. The minimum absolute atomic E-state index is 0.0151. The fourth-order valence-electron chi connectivity index (χ4n) is 2.25. The van der Waals surface area contributed by atoms with Crippen molar-refractivity contribution in [3.05, 3.63) is 69.3 Å². The van der Waals surface area contributed by atoms with Crippen LogP contribution < -0.4 is 10.4 Å². The first-order chi connectivity index (χ1) is 12.2. The molecule has 0 saturated carbocycles. The van der Waals surface area contributed by atoms with Crippen molar-refractivity contribution in [3.8, 4) is 5.75 Å². The molecule has 138 valence electrons. The maximum atomic E-state index is 12.5. The molecule has 7 heteroatoms. The Balaban J connectivity index is 2.29. The molecular formula is C19H20O6S. The normalized spacial score (nSPS) is 11.7. The quantitative estimate of drug-likeness (QED) is 0.545. The van der Waals surface area contributed by atoms with E-state index in [1.54, 1.807) is 13.0 Å². The van der Waals surface area contributed by atoms with Gasteiger partial charge >= 0.3 is 5.63 Å². The van der Waals surface area contributed by atoms with Crippen molar-refractivity contribution in [3.63, 3.8) is 0 Å². The Labute approximate surface area is 152 Å². The lowest BCUT2D eigenvalue weighted by Gasteiger charge is -2.09. The predicted octanol–water partition coefficient (Wildman–Crippen LogP) is 2.58. The zero-order valence-electron chi connectivity index (χ0n) is 14.8. The Morgan fingerprint density at radius 2 is 1.96 bits per heavy atom. The average molecular weight is 376 g/mol. The van der Waals surface area contributed by atoms with Crippen molar-refractivity contribution in [1.29, 1.82) is 0 Å². The van der Waals surface area contributed by atoms with Crippen LogP contribution in [0.5, 0.6) is 5.75 Å². The number of ether oxygens (including phenoxy) is 1. The van der Waals surface area contributed by atoms with Gasteiger partial charge in [-0.25, -0.2) is 13.2 Å². The molecule has 0 aliphatic carbocycles. The third-order valence-electron chi connectivity index (χ3n) is 3.47. The molecule has 26 heavy (non-hydrogen) atoms. The number of allylic oxidation sites excluding steroid dienone is 1. The molecule has 2 aromatic rings. The second kappa shape index (κ2) is 8.14. The number of hydrogen-bond donors (Lipinski definition) is 0. The van der Waals surface area contributed by atoms with Crippen molar-refractivity contribution in [2.75, 3.05) is 18.6 Å². The molecule has 0 atom stereocenters. The van der Waals surface area contributed by atoms with E-state index < -0.39 is 21.2 Å². The van der Waals surface area contributed by atoms with Gasteiger partial charge in [-0.3, -0.25) is 4.79 Å². The molecule has 6 nitrogen and oxygen atoms in total. The highest BCUT2D eigenvalue weighted by Gasteiger charge is 2.18. The zero-order valence-corrected chi connectivity index (χ0v) is 15.6. The van der Waals surface area contributed by atoms with Crippen molar-refractivity contribution >= 4 is 21.7 Å². The molecule has 0 spiro atoms. The lowest BCUT2D eigenvalue weighted by atomic mass is 10.1. The smallest absolute Gasteiger partial charge is 0.351 e. The first kappa shape index (κ1) is 19.7. The molecule has 1 aromatic heterocycles. The highest BCUT2D eigenvalue weighted by Crippen LogP contribution is 2.18. The van der Waals surface area contributed by atoms with Gasteiger partial charge in [-0.05, 0) is 25.5 Å². The summed E-state index contributed by atoms with van der Waals surface area (Å²) in [7, 11) is -3.22. The van der Waals surface area contributed by atoms with E-state index in [1.165, 1.54) is 12.1 Å². The van der Waals surface area contributed by atoms with Crippen LogP contribution in [-0.4, -0.2) is 32.8 Å². The number of sulfone groups is 1. The first-order valence-corrected chi connectivity index (χ1v) is 9.96. The summed E-state index contributed by atoms with van der Waals surface area (Å²) in [6.45, 7) is 3.31. The summed E-state index contributed by atoms with van der Waals surface area (Å²) in [5.74, 6) is -0.515. The molecule has 0 radical (unpaired) electrons. The fourth-order valence-corrected chi connectivity index (χ4v) is 2.64. The molecule has 0 aliphatic heterocycles. The van der Waals surface area contributed by atoms with Gasteiger partial charge < -0.3 is 9.15 Å². The van der Waals surface area contributed by atoms with Crippen molar-refractivity contribution < 1.29 is 22.4 Å². The molecule has 0 bridgehead atoms. The van der Waals surface area contributed by atoms with Gasteiger partial charge in [0.05, 0.1) is 5.75 Å². The molecular weight excluding hydrogens is 356 g/mol. The molecule has 1 aromatic carbocycles. The lowest BCUT2D eigenvalue weighted by Crippen LogP contribution is -2.18. The van der Waals surface area contributed by atoms with E-state index in [0.29, 0.717) is 0 Å². The van der Waals surface area contributed by atoms with Crippen molar-refractivity contribution in [2.24, 2.45) is 0 Å². The Bertz CT molecular complexity index is 999. The number of rotatable bonds is 7. The van der Waals surface area contributed by atoms with Crippen molar-refractivity contribution in [1.82, 2.24) is 0 Å². The Morgan fingerprint density at radius 3 is 2.62 bits per heavy atom. The van der Waals surface area contributed by atoms with Gasteiger partial charge in [0.1, 0.15) is 23.7 Å². The number of hydrogen-bond acceptors (Lipinski definition) is 6. The van der Waals surface area contributed by atoms with Gasteiger partial charge in [0.2, 0.25) is 0 Å². The van der Waals surface area contributed by atoms with E-state index in [2.05, 4.69) is 0 Å². The van der Waals surface area contributed by atoms with Crippen LogP contribution in [0.3, 0.4) is 0 Å². The summed E-state index contributed by atoms with van der Waals surface area (Å²) in [5, 5.41) is 0. The second-order valence-corrected chi connectivity index (χ2v) is 8.23. The zero-order chi connectivity index (χ0) is 19.3. The summed E-state index contributed by atoms with van der Waals surface area (Å²) in [5.41, 5.74) is 0.778. The molecule has 0 fully saturated rings. The van der Waals surface area contributed by atoms with Crippen LogP contribution >= 0.6 is 0 Å². The van der Waals surface area contributed by atoms with Gasteiger partial charge in [0.15, 0.2) is 15.6 Å². The van der Waals surface area contributed by atoms with E-state index in [4.69, 9.17) is 9.15 Å². The lowest BCUT2D eigenvalue weighted by molar-refractivity contribution is 0.103. The van der Waals surface area contributed by atoms with Gasteiger partial charge in [0.25, 0.3) is 0 Å². The van der Waals surface area contributed by atoms with Crippen LogP contribution in [0.1, 0.15) is 27.2 Å².